The molecule has 2 nitrogen and oxygen atoms in total. The number of hydrogen-bond acceptors (Lipinski definition) is 2. The van der Waals surface area contributed by atoms with Crippen LogP contribution in [0.3, 0.4) is 0 Å². The number of nitrogens with zero attached hydrogens (tertiary/aromatic N) is 1. The molecule has 1 aliphatic rings. The molecule has 0 bridgehead atoms. The van der Waals surface area contributed by atoms with Crippen LogP contribution in [0.4, 0.5) is 0 Å². The highest BCUT2D eigenvalue weighted by Gasteiger charge is 2.23. The Kier molecular flexibility index (Phi) is 3.67. The van der Waals surface area contributed by atoms with Crippen LogP contribution in [-0.2, 0) is 13.0 Å². The van der Waals surface area contributed by atoms with Crippen LogP contribution in [0.25, 0.3) is 0 Å². The summed E-state index contributed by atoms with van der Waals surface area (Å²) in [5, 5.41) is 3.66. The third-order valence-electron chi connectivity index (χ3n) is 3.90. The molecule has 0 aliphatic heterocycles. The predicted octanol–water partition coefficient (Wildman–Crippen LogP) is 3.93. The first-order chi connectivity index (χ1) is 9.25. The summed E-state index contributed by atoms with van der Waals surface area (Å²) in [6.45, 7) is 3.02. The normalized spacial score (nSPS) is 17.5. The molecular weight excluding hydrogens is 300 g/mol. The average molecular weight is 317 g/mol. The minimum atomic E-state index is 0.465. The third kappa shape index (κ3) is 2.58. The van der Waals surface area contributed by atoms with Gasteiger partial charge >= 0.3 is 0 Å². The smallest absolute Gasteiger partial charge is 0.0329 e. The SMILES string of the molecule is Cc1ccncc1CNC1CCc2c(Br)cccc21. The van der Waals surface area contributed by atoms with Crippen molar-refractivity contribution in [2.75, 3.05) is 0 Å². The van der Waals surface area contributed by atoms with Crippen molar-refractivity contribution in [3.05, 3.63) is 63.4 Å². The summed E-state index contributed by atoms with van der Waals surface area (Å²) in [5.74, 6) is 0. The summed E-state index contributed by atoms with van der Waals surface area (Å²) in [5.41, 5.74) is 5.49. The number of rotatable bonds is 3. The van der Waals surface area contributed by atoms with E-state index < -0.39 is 0 Å². The fraction of sp³-hybridized carbons (Fsp3) is 0.312. The lowest BCUT2D eigenvalue weighted by atomic mass is 10.1. The van der Waals surface area contributed by atoms with Gasteiger partial charge in [0, 0.05) is 29.5 Å². The van der Waals surface area contributed by atoms with E-state index in [1.54, 1.807) is 0 Å². The summed E-state index contributed by atoms with van der Waals surface area (Å²) in [7, 11) is 0. The zero-order valence-electron chi connectivity index (χ0n) is 11.0. The van der Waals surface area contributed by atoms with Gasteiger partial charge in [-0.05, 0) is 54.2 Å². The van der Waals surface area contributed by atoms with Gasteiger partial charge in [0.05, 0.1) is 0 Å². The molecule has 0 saturated heterocycles. The van der Waals surface area contributed by atoms with Gasteiger partial charge in [-0.15, -0.1) is 0 Å². The summed E-state index contributed by atoms with van der Waals surface area (Å²) < 4.78 is 1.24. The molecule has 1 aromatic carbocycles. The molecule has 0 radical (unpaired) electrons. The largest absolute Gasteiger partial charge is 0.306 e. The van der Waals surface area contributed by atoms with E-state index in [1.807, 2.05) is 12.4 Å². The number of fused-ring (bicyclic) bond motifs is 1. The molecule has 0 saturated carbocycles. The van der Waals surface area contributed by atoms with Crippen molar-refractivity contribution >= 4 is 15.9 Å². The highest BCUT2D eigenvalue weighted by Crippen LogP contribution is 2.35. The van der Waals surface area contributed by atoms with Gasteiger partial charge in [-0.25, -0.2) is 0 Å². The number of benzene rings is 1. The molecule has 0 spiro atoms. The maximum absolute atomic E-state index is 4.20. The van der Waals surface area contributed by atoms with E-state index in [4.69, 9.17) is 0 Å². The molecule has 19 heavy (non-hydrogen) atoms. The van der Waals surface area contributed by atoms with Crippen LogP contribution in [0.2, 0.25) is 0 Å². The van der Waals surface area contributed by atoms with Crippen LogP contribution in [-0.4, -0.2) is 4.98 Å². The monoisotopic (exact) mass is 316 g/mol. The van der Waals surface area contributed by atoms with Crippen LogP contribution in [0, 0.1) is 6.92 Å². The van der Waals surface area contributed by atoms with Gasteiger partial charge in [0.25, 0.3) is 0 Å². The van der Waals surface area contributed by atoms with Crippen molar-refractivity contribution in [2.45, 2.75) is 32.4 Å². The number of aryl methyl sites for hydroxylation is 1. The van der Waals surface area contributed by atoms with Crippen molar-refractivity contribution < 1.29 is 0 Å². The Labute approximate surface area is 122 Å². The third-order valence-corrected chi connectivity index (χ3v) is 4.64. The van der Waals surface area contributed by atoms with Gasteiger partial charge in [-0.1, -0.05) is 28.1 Å². The number of pyridine rings is 1. The van der Waals surface area contributed by atoms with Gasteiger partial charge in [-0.3, -0.25) is 4.98 Å². The van der Waals surface area contributed by atoms with Gasteiger partial charge in [0.15, 0.2) is 0 Å². The average Bonchev–Trinajstić information content (AvgIpc) is 2.83. The predicted molar refractivity (Wildman–Crippen MR) is 81.0 cm³/mol. The summed E-state index contributed by atoms with van der Waals surface area (Å²) in [4.78, 5) is 4.20. The molecule has 0 fully saturated rings. The highest BCUT2D eigenvalue weighted by atomic mass is 79.9. The highest BCUT2D eigenvalue weighted by molar-refractivity contribution is 9.10. The number of halogens is 1. The molecule has 3 heteroatoms. The number of aromatic nitrogens is 1. The maximum Gasteiger partial charge on any atom is 0.0329 e. The minimum absolute atomic E-state index is 0.465. The van der Waals surface area contributed by atoms with Gasteiger partial charge in [0.2, 0.25) is 0 Å². The first-order valence-electron chi connectivity index (χ1n) is 6.66. The van der Waals surface area contributed by atoms with Gasteiger partial charge in [-0.2, -0.15) is 0 Å². The van der Waals surface area contributed by atoms with E-state index in [2.05, 4.69) is 57.4 Å². The lowest BCUT2D eigenvalue weighted by Gasteiger charge is -2.15. The molecule has 0 amide bonds. The molecule has 3 rings (SSSR count). The Morgan fingerprint density at radius 2 is 2.26 bits per heavy atom. The van der Waals surface area contributed by atoms with Crippen LogP contribution in [0.5, 0.6) is 0 Å². The van der Waals surface area contributed by atoms with Crippen molar-refractivity contribution in [3.8, 4) is 0 Å². The number of nitrogens with one attached hydrogen (secondary N) is 1. The zero-order chi connectivity index (χ0) is 13.2. The molecule has 1 heterocycles. The van der Waals surface area contributed by atoms with E-state index in [9.17, 15) is 0 Å². The Bertz CT molecular complexity index is 595. The minimum Gasteiger partial charge on any atom is -0.306 e. The summed E-state index contributed by atoms with van der Waals surface area (Å²) >= 11 is 3.64. The molecule has 1 atom stereocenters. The lowest BCUT2D eigenvalue weighted by Crippen LogP contribution is -2.19. The van der Waals surface area contributed by atoms with Crippen LogP contribution >= 0.6 is 15.9 Å². The fourth-order valence-corrected chi connectivity index (χ4v) is 3.32. The lowest BCUT2D eigenvalue weighted by molar-refractivity contribution is 0.529. The van der Waals surface area contributed by atoms with Gasteiger partial charge in [0.1, 0.15) is 0 Å². The van der Waals surface area contributed by atoms with E-state index in [1.165, 1.54) is 33.1 Å². The van der Waals surface area contributed by atoms with Crippen LogP contribution < -0.4 is 5.32 Å². The Morgan fingerprint density at radius 1 is 1.37 bits per heavy atom. The Morgan fingerprint density at radius 3 is 3.11 bits per heavy atom. The topological polar surface area (TPSA) is 24.9 Å². The van der Waals surface area contributed by atoms with Crippen molar-refractivity contribution in [3.63, 3.8) is 0 Å². The Hall–Kier alpha value is -1.19. The quantitative estimate of drug-likeness (QED) is 0.928. The van der Waals surface area contributed by atoms with Crippen molar-refractivity contribution in [1.82, 2.24) is 10.3 Å². The summed E-state index contributed by atoms with van der Waals surface area (Å²) in [6, 6.07) is 9.02. The van der Waals surface area contributed by atoms with E-state index >= 15 is 0 Å². The van der Waals surface area contributed by atoms with Crippen LogP contribution in [0.15, 0.2) is 41.1 Å². The second-order valence-corrected chi connectivity index (χ2v) is 5.94. The van der Waals surface area contributed by atoms with E-state index in [0.29, 0.717) is 6.04 Å². The molecule has 1 aliphatic carbocycles. The standard InChI is InChI=1S/C16H17BrN2/c1-11-7-8-18-9-12(11)10-19-16-6-5-13-14(16)3-2-4-15(13)17/h2-4,7-9,16,19H,5-6,10H2,1H3. The first-order valence-corrected chi connectivity index (χ1v) is 7.45. The fourth-order valence-electron chi connectivity index (χ4n) is 2.74. The summed E-state index contributed by atoms with van der Waals surface area (Å²) in [6.07, 6.45) is 6.14. The Balaban J connectivity index is 1.74. The van der Waals surface area contributed by atoms with Gasteiger partial charge < -0.3 is 5.32 Å². The molecule has 1 unspecified atom stereocenters. The maximum atomic E-state index is 4.20. The van der Waals surface area contributed by atoms with Crippen LogP contribution in [0.1, 0.15) is 34.7 Å². The van der Waals surface area contributed by atoms with E-state index in [0.717, 1.165) is 13.0 Å². The second kappa shape index (κ2) is 5.43. The molecule has 98 valence electrons. The molecule has 1 aromatic heterocycles. The van der Waals surface area contributed by atoms with Crippen molar-refractivity contribution in [2.24, 2.45) is 0 Å². The second-order valence-electron chi connectivity index (χ2n) is 5.08. The van der Waals surface area contributed by atoms with Crippen molar-refractivity contribution in [1.29, 1.82) is 0 Å². The first kappa shape index (κ1) is 12.8. The molecular formula is C16H17BrN2. The zero-order valence-corrected chi connectivity index (χ0v) is 12.6. The van der Waals surface area contributed by atoms with E-state index in [-0.39, 0.29) is 0 Å². The molecule has 2 aromatic rings. The number of hydrogen-bond donors (Lipinski definition) is 1. The molecule has 1 N–H and O–H groups in total.